The lowest BCUT2D eigenvalue weighted by Gasteiger charge is -2.32. The van der Waals surface area contributed by atoms with Crippen LogP contribution in [0, 0.1) is 0 Å². The van der Waals surface area contributed by atoms with E-state index < -0.39 is 0 Å². The van der Waals surface area contributed by atoms with Gasteiger partial charge in [0.25, 0.3) is 5.91 Å². The van der Waals surface area contributed by atoms with E-state index in [0.717, 1.165) is 24.1 Å². The van der Waals surface area contributed by atoms with E-state index in [0.29, 0.717) is 13.0 Å². The van der Waals surface area contributed by atoms with Crippen LogP contribution in [0.5, 0.6) is 0 Å². The van der Waals surface area contributed by atoms with Crippen molar-refractivity contribution in [3.05, 3.63) is 11.1 Å². The lowest BCUT2D eigenvalue weighted by Crippen LogP contribution is -2.44. The molecule has 4 nitrogen and oxygen atoms in total. The lowest BCUT2D eigenvalue weighted by atomic mass is 9.93. The third kappa shape index (κ3) is 2.32. The van der Waals surface area contributed by atoms with Crippen LogP contribution < -0.4 is 0 Å². The molecule has 2 aliphatic heterocycles. The van der Waals surface area contributed by atoms with Crippen molar-refractivity contribution in [3.8, 4) is 0 Å². The Hall–Kier alpha value is -1.16. The van der Waals surface area contributed by atoms with Crippen LogP contribution in [-0.2, 0) is 9.59 Å². The van der Waals surface area contributed by atoms with E-state index in [-0.39, 0.29) is 11.8 Å². The number of nitrogens with zero attached hydrogens (tertiary/aromatic N) is 2. The highest BCUT2D eigenvalue weighted by Gasteiger charge is 2.32. The first kappa shape index (κ1) is 12.9. The molecule has 4 heteroatoms. The van der Waals surface area contributed by atoms with Crippen molar-refractivity contribution in [1.29, 1.82) is 0 Å². The van der Waals surface area contributed by atoms with Crippen LogP contribution >= 0.6 is 0 Å². The third-order valence-electron chi connectivity index (χ3n) is 2.95. The summed E-state index contributed by atoms with van der Waals surface area (Å²) >= 11 is 0. The van der Waals surface area contributed by atoms with E-state index >= 15 is 0 Å². The molecule has 0 saturated carbocycles. The highest BCUT2D eigenvalue weighted by atomic mass is 16.2. The highest BCUT2D eigenvalue weighted by Crippen LogP contribution is 2.26. The monoisotopic (exact) mass is 224 g/mol. The topological polar surface area (TPSA) is 40.6 Å². The molecule has 2 amide bonds. The minimum absolute atomic E-state index is 0.0710. The molecule has 0 unspecified atom stereocenters. The maximum atomic E-state index is 11.7. The van der Waals surface area contributed by atoms with Crippen LogP contribution in [0.2, 0.25) is 0 Å². The van der Waals surface area contributed by atoms with Gasteiger partial charge in [-0.05, 0) is 19.0 Å². The molecule has 0 aliphatic carbocycles. The smallest absolute Gasteiger partial charge is 0.257 e. The maximum absolute atomic E-state index is 11.7. The number of imide groups is 1. The lowest BCUT2D eigenvalue weighted by molar-refractivity contribution is -0.141. The molecule has 0 aromatic rings. The largest absolute Gasteiger partial charge is 0.302 e. The van der Waals surface area contributed by atoms with Gasteiger partial charge in [-0.15, -0.1) is 0 Å². The van der Waals surface area contributed by atoms with Gasteiger partial charge in [0.1, 0.15) is 0 Å². The second kappa shape index (κ2) is 5.25. The van der Waals surface area contributed by atoms with Crippen molar-refractivity contribution in [2.24, 2.45) is 0 Å². The number of carbonyl (C=O) groups excluding carboxylic acids is 2. The SMILES string of the molecule is CC.CN1CCC2=C(C1)C(=O)N(C)C(=O)C2. The highest BCUT2D eigenvalue weighted by molar-refractivity contribution is 6.08. The molecule has 2 aliphatic rings. The second-order valence-corrected chi connectivity index (χ2v) is 4.00. The molecule has 0 saturated heterocycles. The maximum Gasteiger partial charge on any atom is 0.257 e. The average Bonchev–Trinajstić information content (AvgIpc) is 2.30. The van der Waals surface area contributed by atoms with Crippen LogP contribution in [0.15, 0.2) is 11.1 Å². The predicted molar refractivity (Wildman–Crippen MR) is 62.9 cm³/mol. The summed E-state index contributed by atoms with van der Waals surface area (Å²) in [6, 6.07) is 0. The van der Waals surface area contributed by atoms with Crippen LogP contribution in [0.1, 0.15) is 26.7 Å². The van der Waals surface area contributed by atoms with Crippen molar-refractivity contribution in [2.45, 2.75) is 26.7 Å². The minimum Gasteiger partial charge on any atom is -0.302 e. The molecule has 2 rings (SSSR count). The second-order valence-electron chi connectivity index (χ2n) is 4.00. The Morgan fingerprint density at radius 2 is 1.75 bits per heavy atom. The Labute approximate surface area is 96.9 Å². The Kier molecular flexibility index (Phi) is 4.24. The van der Waals surface area contributed by atoms with Crippen molar-refractivity contribution in [2.75, 3.05) is 27.2 Å². The van der Waals surface area contributed by atoms with Gasteiger partial charge in [0.15, 0.2) is 0 Å². The number of amides is 2. The van der Waals surface area contributed by atoms with E-state index in [9.17, 15) is 9.59 Å². The van der Waals surface area contributed by atoms with E-state index in [1.807, 2.05) is 20.9 Å². The molecule has 0 bridgehead atoms. The molecule has 0 radical (unpaired) electrons. The fraction of sp³-hybridized carbons (Fsp3) is 0.667. The summed E-state index contributed by atoms with van der Waals surface area (Å²) in [5.41, 5.74) is 1.89. The zero-order chi connectivity index (χ0) is 12.3. The number of hydrogen-bond donors (Lipinski definition) is 0. The van der Waals surface area contributed by atoms with Crippen LogP contribution in [0.25, 0.3) is 0 Å². The number of carbonyl (C=O) groups is 2. The van der Waals surface area contributed by atoms with Crippen LogP contribution in [-0.4, -0.2) is 48.8 Å². The van der Waals surface area contributed by atoms with E-state index in [4.69, 9.17) is 0 Å². The molecule has 0 atom stereocenters. The molecule has 0 spiro atoms. The molecule has 2 heterocycles. The fourth-order valence-corrected chi connectivity index (χ4v) is 1.97. The summed E-state index contributed by atoms with van der Waals surface area (Å²) in [6.07, 6.45) is 1.29. The first-order valence-corrected chi connectivity index (χ1v) is 5.80. The van der Waals surface area contributed by atoms with Gasteiger partial charge in [-0.1, -0.05) is 13.8 Å². The van der Waals surface area contributed by atoms with E-state index in [2.05, 4.69) is 4.90 Å². The summed E-state index contributed by atoms with van der Waals surface area (Å²) in [7, 11) is 3.55. The first-order chi connectivity index (χ1) is 7.59. The summed E-state index contributed by atoms with van der Waals surface area (Å²) in [6.45, 7) is 5.63. The Morgan fingerprint density at radius 1 is 1.12 bits per heavy atom. The number of hydrogen-bond acceptors (Lipinski definition) is 3. The van der Waals surface area contributed by atoms with Crippen molar-refractivity contribution < 1.29 is 9.59 Å². The normalized spacial score (nSPS) is 21.6. The average molecular weight is 224 g/mol. The molecular weight excluding hydrogens is 204 g/mol. The zero-order valence-electron chi connectivity index (χ0n) is 10.5. The Balaban J connectivity index is 0.000000606. The van der Waals surface area contributed by atoms with Gasteiger partial charge in [0, 0.05) is 32.1 Å². The standard InChI is InChI=1S/C10H14N2O2.C2H6/c1-11-4-3-7-5-9(13)12(2)10(14)8(7)6-11;1-2/h3-6H2,1-2H3;1-2H3. The molecule has 0 fully saturated rings. The van der Waals surface area contributed by atoms with Gasteiger partial charge in [0.2, 0.25) is 5.91 Å². The van der Waals surface area contributed by atoms with Crippen molar-refractivity contribution in [1.82, 2.24) is 9.80 Å². The van der Waals surface area contributed by atoms with Gasteiger partial charge in [0.05, 0.1) is 0 Å². The quantitative estimate of drug-likeness (QED) is 0.577. The van der Waals surface area contributed by atoms with Crippen molar-refractivity contribution in [3.63, 3.8) is 0 Å². The van der Waals surface area contributed by atoms with Gasteiger partial charge < -0.3 is 4.90 Å². The molecule has 0 aromatic carbocycles. The molecule has 16 heavy (non-hydrogen) atoms. The Bertz CT molecular complexity index is 334. The van der Waals surface area contributed by atoms with Crippen molar-refractivity contribution >= 4 is 11.8 Å². The predicted octanol–water partition coefficient (Wildman–Crippen LogP) is 1.03. The first-order valence-electron chi connectivity index (χ1n) is 5.80. The summed E-state index contributed by atoms with van der Waals surface area (Å²) in [5, 5.41) is 0. The van der Waals surface area contributed by atoms with Gasteiger partial charge in [-0.25, -0.2) is 0 Å². The van der Waals surface area contributed by atoms with E-state index in [1.54, 1.807) is 7.05 Å². The van der Waals surface area contributed by atoms with Crippen LogP contribution in [0.4, 0.5) is 0 Å². The molecule has 0 N–H and O–H groups in total. The summed E-state index contributed by atoms with van der Waals surface area (Å²) in [4.78, 5) is 26.5. The van der Waals surface area contributed by atoms with Gasteiger partial charge >= 0.3 is 0 Å². The third-order valence-corrected chi connectivity index (χ3v) is 2.95. The number of rotatable bonds is 0. The van der Waals surface area contributed by atoms with E-state index in [1.165, 1.54) is 4.90 Å². The van der Waals surface area contributed by atoms with Gasteiger partial charge in [-0.2, -0.15) is 0 Å². The molecule has 90 valence electrons. The zero-order valence-corrected chi connectivity index (χ0v) is 10.5. The fourth-order valence-electron chi connectivity index (χ4n) is 1.97. The summed E-state index contributed by atoms with van der Waals surface area (Å²) < 4.78 is 0. The Morgan fingerprint density at radius 3 is 2.38 bits per heavy atom. The number of likely N-dealkylation sites (N-methyl/N-ethyl adjacent to an activating group) is 2. The molecule has 0 aromatic heterocycles. The summed E-state index contributed by atoms with van der Waals surface area (Å²) in [5.74, 6) is -0.180. The van der Waals surface area contributed by atoms with Gasteiger partial charge in [-0.3, -0.25) is 14.5 Å². The minimum atomic E-state index is -0.109. The molecular formula is C12H20N2O2. The van der Waals surface area contributed by atoms with Crippen LogP contribution in [0.3, 0.4) is 0 Å².